The number of hydrogen-bond acceptors (Lipinski definition) is 5. The van der Waals surface area contributed by atoms with Crippen LogP contribution in [0.2, 0.25) is 0 Å². The highest BCUT2D eigenvalue weighted by atomic mass is 127. The quantitative estimate of drug-likeness (QED) is 0.376. The maximum atomic E-state index is 5.24. The van der Waals surface area contributed by atoms with E-state index in [1.165, 1.54) is 19.4 Å². The summed E-state index contributed by atoms with van der Waals surface area (Å²) in [4.78, 5) is 11.2. The van der Waals surface area contributed by atoms with Gasteiger partial charge in [-0.15, -0.1) is 24.0 Å². The van der Waals surface area contributed by atoms with E-state index in [9.17, 15) is 0 Å². The Morgan fingerprint density at radius 1 is 1.42 bits per heavy atom. The molecular formula is C16H31IN6O. The third kappa shape index (κ3) is 6.19. The van der Waals surface area contributed by atoms with Crippen molar-refractivity contribution in [2.45, 2.75) is 52.0 Å². The summed E-state index contributed by atoms with van der Waals surface area (Å²) in [6.45, 7) is 10.3. The van der Waals surface area contributed by atoms with Gasteiger partial charge in [-0.1, -0.05) is 25.9 Å². The van der Waals surface area contributed by atoms with Crippen LogP contribution in [0, 0.1) is 0 Å². The van der Waals surface area contributed by atoms with Gasteiger partial charge in [-0.2, -0.15) is 4.98 Å². The van der Waals surface area contributed by atoms with Crippen LogP contribution >= 0.6 is 24.0 Å². The second-order valence-electron chi connectivity index (χ2n) is 6.26. The predicted molar refractivity (Wildman–Crippen MR) is 107 cm³/mol. The fourth-order valence-electron chi connectivity index (χ4n) is 2.87. The van der Waals surface area contributed by atoms with Gasteiger partial charge in [0.15, 0.2) is 11.8 Å². The van der Waals surface area contributed by atoms with E-state index in [-0.39, 0.29) is 24.0 Å². The van der Waals surface area contributed by atoms with E-state index in [4.69, 9.17) is 4.52 Å². The Balaban J connectivity index is 0.00000288. The first kappa shape index (κ1) is 21.1. The molecule has 0 aliphatic carbocycles. The molecule has 2 N–H and O–H groups in total. The third-order valence-corrected chi connectivity index (χ3v) is 4.27. The zero-order valence-electron chi connectivity index (χ0n) is 15.2. The first-order valence-electron chi connectivity index (χ1n) is 8.65. The summed E-state index contributed by atoms with van der Waals surface area (Å²) in [5.41, 5.74) is 0. The molecule has 1 saturated heterocycles. The second kappa shape index (κ2) is 10.9. The summed E-state index contributed by atoms with van der Waals surface area (Å²) in [7, 11) is 1.80. The molecule has 2 rings (SSSR count). The van der Waals surface area contributed by atoms with Gasteiger partial charge in [-0.05, 0) is 25.9 Å². The number of nitrogens with zero attached hydrogens (tertiary/aromatic N) is 4. The van der Waals surface area contributed by atoms with Gasteiger partial charge in [0.2, 0.25) is 5.89 Å². The van der Waals surface area contributed by atoms with Crippen molar-refractivity contribution in [3.05, 3.63) is 11.7 Å². The van der Waals surface area contributed by atoms with Gasteiger partial charge in [0.25, 0.3) is 0 Å². The molecule has 1 aliphatic rings. The molecule has 1 atom stereocenters. The van der Waals surface area contributed by atoms with Crippen molar-refractivity contribution >= 4 is 29.9 Å². The van der Waals surface area contributed by atoms with Gasteiger partial charge < -0.3 is 15.2 Å². The zero-order valence-corrected chi connectivity index (χ0v) is 17.5. The molecule has 1 fully saturated rings. The predicted octanol–water partition coefficient (Wildman–Crippen LogP) is 2.00. The standard InChI is InChI=1S/C16H30N6O.HI/c1-5-22-10-6-7-13(22)11-19-16(17-4)18-9-8-14-20-15(12(2)3)21-23-14;/h12-13H,5-11H2,1-4H3,(H2,17,18,19);1H. The van der Waals surface area contributed by atoms with Gasteiger partial charge in [-0.3, -0.25) is 9.89 Å². The lowest BCUT2D eigenvalue weighted by molar-refractivity contribution is 0.267. The number of likely N-dealkylation sites (tertiary alicyclic amines) is 1. The maximum absolute atomic E-state index is 5.24. The minimum atomic E-state index is 0. The molecule has 24 heavy (non-hydrogen) atoms. The second-order valence-corrected chi connectivity index (χ2v) is 6.26. The summed E-state index contributed by atoms with van der Waals surface area (Å²) in [5, 5.41) is 10.7. The van der Waals surface area contributed by atoms with Crippen LogP contribution in [0.5, 0.6) is 0 Å². The van der Waals surface area contributed by atoms with E-state index in [0.717, 1.165) is 31.4 Å². The van der Waals surface area contributed by atoms with Gasteiger partial charge in [0.05, 0.1) is 0 Å². The molecule has 0 bridgehead atoms. The van der Waals surface area contributed by atoms with Crippen molar-refractivity contribution in [2.75, 3.05) is 33.2 Å². The molecule has 0 aromatic carbocycles. The largest absolute Gasteiger partial charge is 0.356 e. The van der Waals surface area contributed by atoms with Gasteiger partial charge in [0.1, 0.15) is 0 Å². The minimum absolute atomic E-state index is 0. The van der Waals surface area contributed by atoms with E-state index < -0.39 is 0 Å². The Labute approximate surface area is 162 Å². The average molecular weight is 450 g/mol. The Kier molecular flexibility index (Phi) is 9.57. The molecule has 8 heteroatoms. The minimum Gasteiger partial charge on any atom is -0.356 e. The zero-order chi connectivity index (χ0) is 16.7. The van der Waals surface area contributed by atoms with Gasteiger partial charge >= 0.3 is 0 Å². The molecular weight excluding hydrogens is 419 g/mol. The highest BCUT2D eigenvalue weighted by molar-refractivity contribution is 14.0. The smallest absolute Gasteiger partial charge is 0.228 e. The highest BCUT2D eigenvalue weighted by Gasteiger charge is 2.22. The van der Waals surface area contributed by atoms with E-state index in [2.05, 4.69) is 51.4 Å². The summed E-state index contributed by atoms with van der Waals surface area (Å²) < 4.78 is 5.24. The fraction of sp³-hybridized carbons (Fsp3) is 0.812. The average Bonchev–Trinajstić information content (AvgIpc) is 3.19. The molecule has 1 unspecified atom stereocenters. The summed E-state index contributed by atoms with van der Waals surface area (Å²) in [6, 6.07) is 0.614. The Hall–Kier alpha value is -0.900. The molecule has 138 valence electrons. The molecule has 0 spiro atoms. The third-order valence-electron chi connectivity index (χ3n) is 4.27. The van der Waals surface area contributed by atoms with Crippen molar-refractivity contribution in [3.8, 4) is 0 Å². The molecule has 1 aromatic heterocycles. The number of guanidine groups is 1. The lowest BCUT2D eigenvalue weighted by Crippen LogP contribution is -2.45. The fourth-order valence-corrected chi connectivity index (χ4v) is 2.87. The first-order chi connectivity index (χ1) is 11.1. The van der Waals surface area contributed by atoms with E-state index >= 15 is 0 Å². The summed E-state index contributed by atoms with van der Waals surface area (Å²) in [5.74, 6) is 2.56. The van der Waals surface area contributed by atoms with Crippen LogP contribution in [0.25, 0.3) is 0 Å². The molecule has 0 saturated carbocycles. The number of rotatable bonds is 7. The Bertz CT molecular complexity index is 505. The topological polar surface area (TPSA) is 78.6 Å². The van der Waals surface area contributed by atoms with Crippen molar-refractivity contribution in [1.29, 1.82) is 0 Å². The van der Waals surface area contributed by atoms with Gasteiger partial charge in [0, 0.05) is 38.5 Å². The number of hydrogen-bond donors (Lipinski definition) is 2. The van der Waals surface area contributed by atoms with Crippen LogP contribution < -0.4 is 10.6 Å². The van der Waals surface area contributed by atoms with E-state index in [0.29, 0.717) is 24.3 Å². The normalized spacial score (nSPS) is 18.7. The maximum Gasteiger partial charge on any atom is 0.228 e. The van der Waals surface area contributed by atoms with Crippen LogP contribution in [0.15, 0.2) is 9.52 Å². The number of aromatic nitrogens is 2. The Morgan fingerprint density at radius 3 is 2.83 bits per heavy atom. The molecule has 1 aromatic rings. The van der Waals surface area contributed by atoms with E-state index in [1.807, 2.05) is 0 Å². The number of aliphatic imine (C=N–C) groups is 1. The molecule has 7 nitrogen and oxygen atoms in total. The SMILES string of the molecule is CCN1CCCC1CNC(=NC)NCCc1nc(C(C)C)no1.I. The lowest BCUT2D eigenvalue weighted by atomic mass is 10.2. The summed E-state index contributed by atoms with van der Waals surface area (Å²) in [6.07, 6.45) is 3.25. The molecule has 2 heterocycles. The monoisotopic (exact) mass is 450 g/mol. The van der Waals surface area contributed by atoms with Crippen LogP contribution in [-0.4, -0.2) is 60.3 Å². The number of halogens is 1. The number of likely N-dealkylation sites (N-methyl/N-ethyl adjacent to an activating group) is 1. The molecule has 1 aliphatic heterocycles. The number of nitrogens with one attached hydrogen (secondary N) is 2. The lowest BCUT2D eigenvalue weighted by Gasteiger charge is -2.23. The van der Waals surface area contributed by atoms with Crippen LogP contribution in [0.1, 0.15) is 51.2 Å². The van der Waals surface area contributed by atoms with Crippen molar-refractivity contribution < 1.29 is 4.52 Å². The van der Waals surface area contributed by atoms with E-state index in [1.54, 1.807) is 7.05 Å². The van der Waals surface area contributed by atoms with Crippen LogP contribution in [0.3, 0.4) is 0 Å². The summed E-state index contributed by atoms with van der Waals surface area (Å²) >= 11 is 0. The van der Waals surface area contributed by atoms with Crippen molar-refractivity contribution in [1.82, 2.24) is 25.7 Å². The highest BCUT2D eigenvalue weighted by Crippen LogP contribution is 2.15. The molecule has 0 radical (unpaired) electrons. The van der Waals surface area contributed by atoms with Crippen LogP contribution in [0.4, 0.5) is 0 Å². The molecule has 0 amide bonds. The van der Waals surface area contributed by atoms with Gasteiger partial charge in [-0.25, -0.2) is 0 Å². The van der Waals surface area contributed by atoms with Crippen molar-refractivity contribution in [2.24, 2.45) is 4.99 Å². The van der Waals surface area contributed by atoms with Crippen molar-refractivity contribution in [3.63, 3.8) is 0 Å². The van der Waals surface area contributed by atoms with Crippen LogP contribution in [-0.2, 0) is 6.42 Å². The Morgan fingerprint density at radius 2 is 2.21 bits per heavy atom. The first-order valence-corrected chi connectivity index (χ1v) is 8.65.